The van der Waals surface area contributed by atoms with Crippen molar-refractivity contribution in [1.82, 2.24) is 4.57 Å². The van der Waals surface area contributed by atoms with Crippen molar-refractivity contribution in [3.05, 3.63) is 70.6 Å². The second-order valence-electron chi connectivity index (χ2n) is 4.76. The standard InChI is InChI=1S/C16H11ClFNO2/c17-14-4-3-13(18)7-12(14)9-19-6-5-10-1-2-11(16(20)21)8-15(10)19/h1-8H,9H2,(H,20,21). The minimum absolute atomic E-state index is 0.216. The summed E-state index contributed by atoms with van der Waals surface area (Å²) in [5.41, 5.74) is 1.64. The average Bonchev–Trinajstić information content (AvgIpc) is 2.85. The maximum absolute atomic E-state index is 13.3. The van der Waals surface area contributed by atoms with E-state index in [-0.39, 0.29) is 11.4 Å². The van der Waals surface area contributed by atoms with Gasteiger partial charge in [0.05, 0.1) is 5.56 Å². The zero-order chi connectivity index (χ0) is 15.0. The molecular formula is C16H11ClFNO2. The van der Waals surface area contributed by atoms with E-state index in [1.165, 1.54) is 18.2 Å². The highest BCUT2D eigenvalue weighted by Crippen LogP contribution is 2.23. The Kier molecular flexibility index (Phi) is 3.39. The Morgan fingerprint density at radius 3 is 2.76 bits per heavy atom. The van der Waals surface area contributed by atoms with Crippen LogP contribution in [0, 0.1) is 5.82 Å². The molecule has 0 unspecified atom stereocenters. The summed E-state index contributed by atoms with van der Waals surface area (Å²) in [6, 6.07) is 11.0. The Hall–Kier alpha value is -2.33. The van der Waals surface area contributed by atoms with Crippen LogP contribution in [0.3, 0.4) is 0 Å². The smallest absolute Gasteiger partial charge is 0.335 e. The molecule has 0 bridgehead atoms. The van der Waals surface area contributed by atoms with Gasteiger partial charge in [0.15, 0.2) is 0 Å². The van der Waals surface area contributed by atoms with Crippen LogP contribution in [0.5, 0.6) is 0 Å². The van der Waals surface area contributed by atoms with Crippen molar-refractivity contribution in [2.24, 2.45) is 0 Å². The number of hydrogen-bond donors (Lipinski definition) is 1. The number of carbonyl (C=O) groups is 1. The fourth-order valence-corrected chi connectivity index (χ4v) is 2.48. The van der Waals surface area contributed by atoms with Crippen molar-refractivity contribution in [2.75, 3.05) is 0 Å². The number of rotatable bonds is 3. The van der Waals surface area contributed by atoms with Crippen molar-refractivity contribution >= 4 is 28.5 Å². The van der Waals surface area contributed by atoms with Crippen LogP contribution in [-0.2, 0) is 6.54 Å². The van der Waals surface area contributed by atoms with Crippen LogP contribution in [0.1, 0.15) is 15.9 Å². The monoisotopic (exact) mass is 303 g/mol. The van der Waals surface area contributed by atoms with Gasteiger partial charge < -0.3 is 9.67 Å². The number of halogens is 2. The number of nitrogens with zero attached hydrogens (tertiary/aromatic N) is 1. The van der Waals surface area contributed by atoms with E-state index < -0.39 is 5.97 Å². The molecule has 2 aromatic carbocycles. The molecule has 0 saturated heterocycles. The minimum Gasteiger partial charge on any atom is -0.478 e. The number of aromatic nitrogens is 1. The summed E-state index contributed by atoms with van der Waals surface area (Å²) in [7, 11) is 0. The van der Waals surface area contributed by atoms with Crippen LogP contribution in [0.15, 0.2) is 48.7 Å². The number of carboxylic acid groups (broad SMARTS) is 1. The second kappa shape index (κ2) is 5.22. The minimum atomic E-state index is -0.978. The number of benzene rings is 2. The van der Waals surface area contributed by atoms with Crippen LogP contribution >= 0.6 is 11.6 Å². The van der Waals surface area contributed by atoms with Gasteiger partial charge in [0.1, 0.15) is 5.82 Å². The molecule has 21 heavy (non-hydrogen) atoms. The zero-order valence-corrected chi connectivity index (χ0v) is 11.6. The fraction of sp³-hybridized carbons (Fsp3) is 0.0625. The average molecular weight is 304 g/mol. The van der Waals surface area contributed by atoms with Gasteiger partial charge in [-0.3, -0.25) is 0 Å². The van der Waals surface area contributed by atoms with Crippen LogP contribution in [0.4, 0.5) is 4.39 Å². The molecule has 106 valence electrons. The van der Waals surface area contributed by atoms with Gasteiger partial charge in [0.2, 0.25) is 0 Å². The quantitative estimate of drug-likeness (QED) is 0.788. The van der Waals surface area contributed by atoms with Crippen LogP contribution in [-0.4, -0.2) is 15.6 Å². The first-order chi connectivity index (χ1) is 10.0. The lowest BCUT2D eigenvalue weighted by Crippen LogP contribution is -2.01. The molecule has 1 heterocycles. The zero-order valence-electron chi connectivity index (χ0n) is 10.9. The van der Waals surface area contributed by atoms with Gasteiger partial charge in [-0.05, 0) is 47.3 Å². The number of hydrogen-bond acceptors (Lipinski definition) is 1. The molecule has 0 atom stereocenters. The Labute approximate surface area is 125 Å². The van der Waals surface area contributed by atoms with E-state index in [1.54, 1.807) is 18.2 Å². The second-order valence-corrected chi connectivity index (χ2v) is 5.17. The van der Waals surface area contributed by atoms with E-state index in [4.69, 9.17) is 16.7 Å². The number of carboxylic acids is 1. The first kappa shape index (κ1) is 13.6. The Balaban J connectivity index is 2.06. The van der Waals surface area contributed by atoms with Crippen molar-refractivity contribution in [3.63, 3.8) is 0 Å². The molecule has 1 aromatic heterocycles. The van der Waals surface area contributed by atoms with Crippen molar-refractivity contribution in [3.8, 4) is 0 Å². The lowest BCUT2D eigenvalue weighted by molar-refractivity contribution is 0.0697. The topological polar surface area (TPSA) is 42.2 Å². The van der Waals surface area contributed by atoms with Gasteiger partial charge in [0, 0.05) is 23.3 Å². The molecule has 0 radical (unpaired) electrons. The third-order valence-electron chi connectivity index (χ3n) is 3.37. The lowest BCUT2D eigenvalue weighted by atomic mass is 10.1. The largest absolute Gasteiger partial charge is 0.478 e. The molecule has 3 rings (SSSR count). The van der Waals surface area contributed by atoms with Crippen LogP contribution in [0.25, 0.3) is 10.9 Å². The molecular weight excluding hydrogens is 293 g/mol. The van der Waals surface area contributed by atoms with Gasteiger partial charge in [-0.25, -0.2) is 9.18 Å². The number of aromatic carboxylic acids is 1. The van der Waals surface area contributed by atoms with E-state index in [0.717, 1.165) is 10.9 Å². The van der Waals surface area contributed by atoms with Crippen LogP contribution < -0.4 is 0 Å². The summed E-state index contributed by atoms with van der Waals surface area (Å²) in [5.74, 6) is -1.33. The summed E-state index contributed by atoms with van der Waals surface area (Å²) in [4.78, 5) is 11.1. The van der Waals surface area contributed by atoms with Gasteiger partial charge in [0.25, 0.3) is 0 Å². The Morgan fingerprint density at radius 2 is 2.00 bits per heavy atom. The van der Waals surface area contributed by atoms with E-state index >= 15 is 0 Å². The van der Waals surface area contributed by atoms with Crippen molar-refractivity contribution < 1.29 is 14.3 Å². The molecule has 5 heteroatoms. The van der Waals surface area contributed by atoms with Crippen molar-refractivity contribution in [2.45, 2.75) is 6.54 Å². The summed E-state index contributed by atoms with van der Waals surface area (Å²) in [5, 5.41) is 10.5. The molecule has 0 saturated carbocycles. The molecule has 0 spiro atoms. The number of fused-ring (bicyclic) bond motifs is 1. The van der Waals surface area contributed by atoms with Crippen LogP contribution in [0.2, 0.25) is 5.02 Å². The van der Waals surface area contributed by atoms with Gasteiger partial charge >= 0.3 is 5.97 Å². The fourth-order valence-electron chi connectivity index (χ4n) is 2.30. The molecule has 0 aliphatic heterocycles. The predicted octanol–water partition coefficient (Wildman–Crippen LogP) is 4.18. The molecule has 3 nitrogen and oxygen atoms in total. The summed E-state index contributed by atoms with van der Waals surface area (Å²) < 4.78 is 15.2. The molecule has 3 aromatic rings. The summed E-state index contributed by atoms with van der Waals surface area (Å²) in [6.45, 7) is 0.378. The van der Waals surface area contributed by atoms with E-state index in [2.05, 4.69) is 0 Å². The third-order valence-corrected chi connectivity index (χ3v) is 3.74. The summed E-state index contributed by atoms with van der Waals surface area (Å²) in [6.07, 6.45) is 1.83. The van der Waals surface area contributed by atoms with Gasteiger partial charge in [-0.2, -0.15) is 0 Å². The highest BCUT2D eigenvalue weighted by Gasteiger charge is 2.09. The molecule has 0 fully saturated rings. The maximum atomic E-state index is 13.3. The first-order valence-electron chi connectivity index (χ1n) is 6.31. The lowest BCUT2D eigenvalue weighted by Gasteiger charge is -2.08. The molecule has 0 aliphatic rings. The van der Waals surface area contributed by atoms with E-state index in [1.807, 2.05) is 16.8 Å². The molecule has 0 aliphatic carbocycles. The van der Waals surface area contributed by atoms with Crippen molar-refractivity contribution in [1.29, 1.82) is 0 Å². The predicted molar refractivity (Wildman–Crippen MR) is 79.4 cm³/mol. The molecule has 1 N–H and O–H groups in total. The first-order valence-corrected chi connectivity index (χ1v) is 6.68. The normalized spacial score (nSPS) is 11.0. The molecule has 0 amide bonds. The highest BCUT2D eigenvalue weighted by atomic mass is 35.5. The highest BCUT2D eigenvalue weighted by molar-refractivity contribution is 6.31. The SMILES string of the molecule is O=C(O)c1ccc2ccn(Cc3cc(F)ccc3Cl)c2c1. The maximum Gasteiger partial charge on any atom is 0.335 e. The Morgan fingerprint density at radius 1 is 1.19 bits per heavy atom. The van der Waals surface area contributed by atoms with Gasteiger partial charge in [-0.1, -0.05) is 17.7 Å². The Bertz CT molecular complexity index is 841. The van der Waals surface area contributed by atoms with Gasteiger partial charge in [-0.15, -0.1) is 0 Å². The van der Waals surface area contributed by atoms with E-state index in [0.29, 0.717) is 17.1 Å². The summed E-state index contributed by atoms with van der Waals surface area (Å²) >= 11 is 6.07. The third kappa shape index (κ3) is 2.62. The van der Waals surface area contributed by atoms with E-state index in [9.17, 15) is 9.18 Å².